The van der Waals surface area contributed by atoms with Crippen LogP contribution in [0.25, 0.3) is 111 Å². The van der Waals surface area contributed by atoms with E-state index >= 15 is 13.2 Å². The average Bonchev–Trinajstić information content (AvgIpc) is 1.62. The number of halogens is 3. The molecule has 0 radical (unpaired) electrons. The third-order valence-corrected chi connectivity index (χ3v) is 15.2. The van der Waals surface area contributed by atoms with E-state index in [0.717, 1.165) is 12.1 Å². The Balaban J connectivity index is 1.24. The zero-order valence-electron chi connectivity index (χ0n) is 44.2. The van der Waals surface area contributed by atoms with Crippen molar-refractivity contribution < 1.29 is 13.2 Å². The third kappa shape index (κ3) is 8.82. The van der Waals surface area contributed by atoms with Gasteiger partial charge in [0, 0.05) is 27.1 Å². The summed E-state index contributed by atoms with van der Waals surface area (Å²) >= 11 is 0. The van der Waals surface area contributed by atoms with Gasteiger partial charge in [0.15, 0.2) is 0 Å². The normalized spacial score (nSPS) is 10.8. The summed E-state index contributed by atoms with van der Waals surface area (Å²) < 4.78 is 49.5. The van der Waals surface area contributed by atoms with E-state index in [1.165, 1.54) is 30.3 Å². The van der Waals surface area contributed by atoms with Crippen molar-refractivity contribution in [2.45, 2.75) is 6.18 Å². The minimum absolute atomic E-state index is 0.0580. The van der Waals surface area contributed by atoms with Crippen LogP contribution >= 0.6 is 0 Å². The largest absolute Gasteiger partial charge is 0.416 e. The molecule has 2 heterocycles. The van der Waals surface area contributed by atoms with Crippen LogP contribution in [0.3, 0.4) is 0 Å². The van der Waals surface area contributed by atoms with Gasteiger partial charge in [0.25, 0.3) is 0 Å². The Labute approximate surface area is 487 Å². The molecule has 394 valence electrons. The SMILES string of the molecule is N#Cc1cc(-c2c(-n3c4ccc(-c5ccc(C#N)cc5C#N)cc4c4cc(-c5ccc(C#N)cc5C#N)ccc43)cc(C#N)cc2-n2c3ccc(-c4ccc(C#N)cc4C#N)cc3c3cc(-c4ccc(C#N)cc4C#N)ccc32)cc(C(F)(F)F)c1. The lowest BCUT2D eigenvalue weighted by atomic mass is 9.94. The van der Waals surface area contributed by atoms with Gasteiger partial charge in [-0.25, -0.2) is 0 Å². The Bertz CT molecular complexity index is 4930. The van der Waals surface area contributed by atoms with Crippen molar-refractivity contribution >= 4 is 43.6 Å². The lowest BCUT2D eigenvalue weighted by molar-refractivity contribution is -0.137. The van der Waals surface area contributed by atoms with Crippen LogP contribution in [0.4, 0.5) is 13.2 Å². The van der Waals surface area contributed by atoms with Crippen molar-refractivity contribution in [2.75, 3.05) is 0 Å². The van der Waals surface area contributed by atoms with Crippen LogP contribution < -0.4 is 0 Å². The number of aromatic nitrogens is 2. The van der Waals surface area contributed by atoms with Crippen molar-refractivity contribution in [3.05, 3.63) is 237 Å². The summed E-state index contributed by atoms with van der Waals surface area (Å²) in [6, 6.07) is 67.9. The molecule has 0 aliphatic carbocycles. The second-order valence-electron chi connectivity index (χ2n) is 19.9. The number of hydrogen-bond donors (Lipinski definition) is 0. The molecule has 0 fully saturated rings. The summed E-state index contributed by atoms with van der Waals surface area (Å²) in [6.07, 6.45) is -4.95. The van der Waals surface area contributed by atoms with E-state index in [2.05, 4.69) is 54.6 Å². The lowest BCUT2D eigenvalue weighted by Gasteiger charge is -2.22. The first-order valence-corrected chi connectivity index (χ1v) is 25.9. The second kappa shape index (κ2) is 20.9. The summed E-state index contributed by atoms with van der Waals surface area (Å²) in [7, 11) is 0. The monoisotopic (exact) mass is 1110 g/mol. The molecule has 0 atom stereocenters. The molecule has 0 spiro atoms. The first kappa shape index (κ1) is 53.1. The molecule has 0 amide bonds. The molecule has 0 N–H and O–H groups in total. The molecule has 0 saturated heterocycles. The van der Waals surface area contributed by atoms with Gasteiger partial charge in [0.1, 0.15) is 0 Å². The van der Waals surface area contributed by atoms with Crippen LogP contribution in [0.5, 0.6) is 0 Å². The number of benzene rings is 10. The quantitative estimate of drug-likeness (QED) is 0.146. The maximum absolute atomic E-state index is 15.3. The number of nitriles is 10. The molecular formula is C71H29F3N12. The molecule has 86 heavy (non-hydrogen) atoms. The molecule has 12 nitrogen and oxygen atoms in total. The van der Waals surface area contributed by atoms with Crippen molar-refractivity contribution in [3.63, 3.8) is 0 Å². The van der Waals surface area contributed by atoms with Gasteiger partial charge in [0.2, 0.25) is 0 Å². The number of hydrogen-bond acceptors (Lipinski definition) is 10. The first-order chi connectivity index (χ1) is 41.8. The fourth-order valence-corrected chi connectivity index (χ4v) is 11.4. The van der Waals surface area contributed by atoms with E-state index in [1.54, 1.807) is 109 Å². The van der Waals surface area contributed by atoms with Gasteiger partial charge in [-0.3, -0.25) is 0 Å². The van der Waals surface area contributed by atoms with E-state index in [4.69, 9.17) is 0 Å². The average molecular weight is 1110 g/mol. The molecule has 12 rings (SSSR count). The summed E-state index contributed by atoms with van der Waals surface area (Å²) in [5.41, 5.74) is 7.18. The van der Waals surface area contributed by atoms with E-state index in [1.807, 2.05) is 39.5 Å². The summed E-state index contributed by atoms with van der Waals surface area (Å²) in [5, 5.41) is 104. The van der Waals surface area contributed by atoms with Gasteiger partial charge in [-0.05, 0) is 177 Å². The van der Waals surface area contributed by atoms with E-state index in [0.29, 0.717) is 88.1 Å². The highest BCUT2D eigenvalue weighted by atomic mass is 19.4. The summed E-state index contributed by atoms with van der Waals surface area (Å²) in [6.45, 7) is 0. The van der Waals surface area contributed by atoms with Crippen molar-refractivity contribution in [1.29, 1.82) is 52.6 Å². The molecule has 2 aromatic heterocycles. The fraction of sp³-hybridized carbons (Fsp3) is 0.0141. The van der Waals surface area contributed by atoms with Gasteiger partial charge < -0.3 is 9.13 Å². The molecule has 15 heteroatoms. The van der Waals surface area contributed by atoms with Crippen molar-refractivity contribution in [2.24, 2.45) is 0 Å². The molecular weight excluding hydrogens is 1080 g/mol. The molecule has 0 bridgehead atoms. The Morgan fingerprint density at radius 2 is 0.558 bits per heavy atom. The molecule has 0 aliphatic rings. The fourth-order valence-electron chi connectivity index (χ4n) is 11.4. The van der Waals surface area contributed by atoms with Gasteiger partial charge in [-0.1, -0.05) is 48.5 Å². The minimum Gasteiger partial charge on any atom is -0.308 e. The van der Waals surface area contributed by atoms with Gasteiger partial charge in [-0.2, -0.15) is 65.8 Å². The number of fused-ring (bicyclic) bond motifs is 6. The van der Waals surface area contributed by atoms with Crippen LogP contribution in [0, 0.1) is 113 Å². The van der Waals surface area contributed by atoms with Gasteiger partial charge in [0.05, 0.1) is 155 Å². The van der Waals surface area contributed by atoms with Crippen LogP contribution in [0.15, 0.2) is 176 Å². The zero-order valence-corrected chi connectivity index (χ0v) is 44.2. The van der Waals surface area contributed by atoms with E-state index < -0.39 is 11.7 Å². The highest BCUT2D eigenvalue weighted by molar-refractivity contribution is 6.15. The Hall–Kier alpha value is -13.5. The van der Waals surface area contributed by atoms with Crippen LogP contribution in [0.2, 0.25) is 0 Å². The van der Waals surface area contributed by atoms with Gasteiger partial charge >= 0.3 is 6.18 Å². The van der Waals surface area contributed by atoms with Crippen LogP contribution in [0.1, 0.15) is 61.2 Å². The summed E-state index contributed by atoms with van der Waals surface area (Å²) in [4.78, 5) is 0. The maximum Gasteiger partial charge on any atom is 0.416 e. The van der Waals surface area contributed by atoms with Gasteiger partial charge in [-0.15, -0.1) is 0 Å². The number of alkyl halides is 3. The summed E-state index contributed by atoms with van der Waals surface area (Å²) in [5.74, 6) is 0. The smallest absolute Gasteiger partial charge is 0.308 e. The van der Waals surface area contributed by atoms with E-state index in [-0.39, 0.29) is 78.1 Å². The molecule has 0 aliphatic heterocycles. The highest BCUT2D eigenvalue weighted by Crippen LogP contribution is 2.47. The molecule has 10 aromatic carbocycles. The lowest BCUT2D eigenvalue weighted by Crippen LogP contribution is -2.08. The van der Waals surface area contributed by atoms with Crippen LogP contribution in [-0.2, 0) is 6.18 Å². The Morgan fingerprint density at radius 3 is 0.826 bits per heavy atom. The predicted octanol–water partition coefficient (Wildman–Crippen LogP) is 16.0. The third-order valence-electron chi connectivity index (χ3n) is 15.2. The first-order valence-electron chi connectivity index (χ1n) is 25.9. The minimum atomic E-state index is -4.95. The molecule has 0 saturated carbocycles. The second-order valence-corrected chi connectivity index (χ2v) is 19.9. The standard InChI is InChI=1S/C71H29F3N12/c72-71(73,74)55-22-44(34-79)21-50(25-55)70-68(85-64-13-5-46(56-9-1-40(30-75)17-51(56)36-81)26-60(64)61-27-47(6-14-65(61)85)57-10-2-41(31-76)18-52(57)37-82)23-45(35-80)24-69(70)86-66-15-7-48(58-11-3-42(32-77)19-53(58)38-83)28-62(66)63-29-49(8-16-67(63)86)59-12-4-43(33-78)20-54(59)39-84/h1-29H. The molecule has 12 aromatic rings. The van der Waals surface area contributed by atoms with Crippen LogP contribution in [-0.4, -0.2) is 9.13 Å². The maximum atomic E-state index is 15.3. The van der Waals surface area contributed by atoms with Crippen molar-refractivity contribution in [1.82, 2.24) is 9.13 Å². The number of nitrogens with zero attached hydrogens (tertiary/aromatic N) is 12. The van der Waals surface area contributed by atoms with Crippen molar-refractivity contribution in [3.8, 4) is 128 Å². The zero-order chi connectivity index (χ0) is 60.1. The topological polar surface area (TPSA) is 248 Å². The van der Waals surface area contributed by atoms with E-state index in [9.17, 15) is 52.6 Å². The number of rotatable bonds is 7. The Kier molecular flexibility index (Phi) is 12.9. The highest BCUT2D eigenvalue weighted by Gasteiger charge is 2.33. The molecule has 0 unspecified atom stereocenters. The Morgan fingerprint density at radius 1 is 0.267 bits per heavy atom. The predicted molar refractivity (Wildman–Crippen MR) is 314 cm³/mol.